The molecule has 90 valence electrons. The zero-order valence-corrected chi connectivity index (χ0v) is 10.2. The van der Waals surface area contributed by atoms with Crippen molar-refractivity contribution in [3.63, 3.8) is 0 Å². The minimum atomic E-state index is -0.497. The van der Waals surface area contributed by atoms with Crippen LogP contribution in [0.5, 0.6) is 0 Å². The van der Waals surface area contributed by atoms with Crippen LogP contribution >= 0.6 is 0 Å². The molecule has 1 aromatic carbocycles. The van der Waals surface area contributed by atoms with Crippen LogP contribution in [0.1, 0.15) is 18.9 Å². The molecule has 1 atom stereocenters. The normalized spacial score (nSPS) is 11.4. The lowest BCUT2D eigenvalue weighted by atomic mass is 10.1. The van der Waals surface area contributed by atoms with E-state index in [-0.39, 0.29) is 12.3 Å². The minimum Gasteiger partial charge on any atom is -0.369 e. The highest BCUT2D eigenvalue weighted by Gasteiger charge is 2.12. The molecule has 1 amide bonds. The fourth-order valence-electron chi connectivity index (χ4n) is 1.52. The van der Waals surface area contributed by atoms with E-state index in [0.29, 0.717) is 6.54 Å². The minimum absolute atomic E-state index is 0.112. The first-order valence-electron chi connectivity index (χ1n) is 5.65. The number of nitrogens with zero attached hydrogens (tertiary/aromatic N) is 1. The SMILES string of the molecule is CCNC(=O)CC(C#N)Nc1cccc(C)c1. The Kier molecular flexibility index (Phi) is 5.02. The molecule has 0 aliphatic rings. The van der Waals surface area contributed by atoms with Gasteiger partial charge in [0.25, 0.3) is 0 Å². The van der Waals surface area contributed by atoms with E-state index in [4.69, 9.17) is 5.26 Å². The molecule has 4 nitrogen and oxygen atoms in total. The van der Waals surface area contributed by atoms with Gasteiger partial charge in [-0.15, -0.1) is 0 Å². The van der Waals surface area contributed by atoms with Gasteiger partial charge in [0.2, 0.25) is 5.91 Å². The zero-order chi connectivity index (χ0) is 12.7. The molecule has 0 bridgehead atoms. The van der Waals surface area contributed by atoms with Crippen LogP contribution in [0.4, 0.5) is 5.69 Å². The molecule has 1 unspecified atom stereocenters. The van der Waals surface area contributed by atoms with Gasteiger partial charge >= 0.3 is 0 Å². The van der Waals surface area contributed by atoms with Crippen molar-refractivity contribution >= 4 is 11.6 Å². The van der Waals surface area contributed by atoms with Gasteiger partial charge in [-0.3, -0.25) is 4.79 Å². The molecule has 2 N–H and O–H groups in total. The predicted octanol–water partition coefficient (Wildman–Crippen LogP) is 1.83. The molecule has 0 aromatic heterocycles. The molecule has 0 aliphatic heterocycles. The maximum atomic E-state index is 11.4. The number of amides is 1. The largest absolute Gasteiger partial charge is 0.369 e. The highest BCUT2D eigenvalue weighted by Crippen LogP contribution is 2.11. The van der Waals surface area contributed by atoms with Crippen molar-refractivity contribution in [3.05, 3.63) is 29.8 Å². The van der Waals surface area contributed by atoms with Crippen LogP contribution < -0.4 is 10.6 Å². The third-order valence-electron chi connectivity index (χ3n) is 2.28. The van der Waals surface area contributed by atoms with Crippen molar-refractivity contribution in [1.29, 1.82) is 5.26 Å². The Bertz CT molecular complexity index is 423. The Balaban J connectivity index is 2.59. The summed E-state index contributed by atoms with van der Waals surface area (Å²) >= 11 is 0. The van der Waals surface area contributed by atoms with Crippen LogP contribution in [-0.4, -0.2) is 18.5 Å². The van der Waals surface area contributed by atoms with E-state index >= 15 is 0 Å². The molecular weight excluding hydrogens is 214 g/mol. The lowest BCUT2D eigenvalue weighted by Gasteiger charge is -2.12. The highest BCUT2D eigenvalue weighted by molar-refractivity contribution is 5.77. The molecular formula is C13H17N3O. The number of anilines is 1. The summed E-state index contributed by atoms with van der Waals surface area (Å²) in [6.45, 7) is 4.42. The van der Waals surface area contributed by atoms with Gasteiger partial charge in [-0.25, -0.2) is 0 Å². The standard InChI is InChI=1S/C13H17N3O/c1-3-15-13(17)8-12(9-14)16-11-6-4-5-10(2)7-11/h4-7,12,16H,3,8H2,1-2H3,(H,15,17). The van der Waals surface area contributed by atoms with Gasteiger partial charge in [0, 0.05) is 12.2 Å². The van der Waals surface area contributed by atoms with E-state index < -0.39 is 6.04 Å². The van der Waals surface area contributed by atoms with E-state index in [2.05, 4.69) is 16.7 Å². The van der Waals surface area contributed by atoms with E-state index in [1.54, 1.807) is 0 Å². The average molecular weight is 231 g/mol. The molecule has 0 spiro atoms. The summed E-state index contributed by atoms with van der Waals surface area (Å²) in [7, 11) is 0. The van der Waals surface area contributed by atoms with E-state index in [1.165, 1.54) is 0 Å². The van der Waals surface area contributed by atoms with E-state index in [9.17, 15) is 4.79 Å². The number of hydrogen-bond acceptors (Lipinski definition) is 3. The van der Waals surface area contributed by atoms with Gasteiger partial charge in [-0.2, -0.15) is 5.26 Å². The Morgan fingerprint density at radius 1 is 1.53 bits per heavy atom. The summed E-state index contributed by atoms with van der Waals surface area (Å²) in [6.07, 6.45) is 0.165. The number of rotatable bonds is 5. The van der Waals surface area contributed by atoms with Gasteiger partial charge in [-0.05, 0) is 31.5 Å². The Morgan fingerprint density at radius 3 is 2.88 bits per heavy atom. The third-order valence-corrected chi connectivity index (χ3v) is 2.28. The van der Waals surface area contributed by atoms with Crippen molar-refractivity contribution in [2.24, 2.45) is 0 Å². The summed E-state index contributed by atoms with van der Waals surface area (Å²) < 4.78 is 0. The smallest absolute Gasteiger partial charge is 0.223 e. The fourth-order valence-corrected chi connectivity index (χ4v) is 1.52. The fraction of sp³-hybridized carbons (Fsp3) is 0.385. The second kappa shape index (κ2) is 6.54. The number of carbonyl (C=O) groups is 1. The van der Waals surface area contributed by atoms with Crippen molar-refractivity contribution in [2.45, 2.75) is 26.3 Å². The highest BCUT2D eigenvalue weighted by atomic mass is 16.1. The molecule has 0 saturated heterocycles. The number of nitrogens with one attached hydrogen (secondary N) is 2. The Hall–Kier alpha value is -2.02. The first-order chi connectivity index (χ1) is 8.15. The summed E-state index contributed by atoms with van der Waals surface area (Å²) in [6, 6.07) is 9.32. The molecule has 4 heteroatoms. The van der Waals surface area contributed by atoms with Gasteiger partial charge in [-0.1, -0.05) is 12.1 Å². The van der Waals surface area contributed by atoms with Crippen molar-refractivity contribution in [2.75, 3.05) is 11.9 Å². The number of benzene rings is 1. The Morgan fingerprint density at radius 2 is 2.29 bits per heavy atom. The molecule has 1 rings (SSSR count). The third kappa shape index (κ3) is 4.56. The molecule has 0 saturated carbocycles. The maximum Gasteiger partial charge on any atom is 0.223 e. The van der Waals surface area contributed by atoms with Crippen molar-refractivity contribution in [1.82, 2.24) is 5.32 Å². The van der Waals surface area contributed by atoms with Crippen LogP contribution in [0.3, 0.4) is 0 Å². The zero-order valence-electron chi connectivity index (χ0n) is 10.2. The predicted molar refractivity (Wildman–Crippen MR) is 67.5 cm³/mol. The molecule has 0 heterocycles. The number of carbonyl (C=O) groups excluding carboxylic acids is 1. The van der Waals surface area contributed by atoms with E-state index in [0.717, 1.165) is 11.3 Å². The molecule has 0 fully saturated rings. The maximum absolute atomic E-state index is 11.4. The van der Waals surface area contributed by atoms with E-state index in [1.807, 2.05) is 38.1 Å². The lowest BCUT2D eigenvalue weighted by Crippen LogP contribution is -2.30. The summed E-state index contributed by atoms with van der Waals surface area (Å²) in [4.78, 5) is 11.4. The van der Waals surface area contributed by atoms with Crippen LogP contribution in [0.25, 0.3) is 0 Å². The monoisotopic (exact) mass is 231 g/mol. The first kappa shape index (κ1) is 13.0. The van der Waals surface area contributed by atoms with Gasteiger partial charge in [0.05, 0.1) is 12.5 Å². The molecule has 0 radical (unpaired) electrons. The second-order valence-corrected chi connectivity index (χ2v) is 3.85. The molecule has 17 heavy (non-hydrogen) atoms. The second-order valence-electron chi connectivity index (χ2n) is 3.85. The lowest BCUT2D eigenvalue weighted by molar-refractivity contribution is -0.121. The van der Waals surface area contributed by atoms with Crippen LogP contribution in [0, 0.1) is 18.3 Å². The summed E-state index contributed by atoms with van der Waals surface area (Å²) in [5.41, 5.74) is 1.98. The van der Waals surface area contributed by atoms with Gasteiger partial charge in [0.1, 0.15) is 6.04 Å². The summed E-state index contributed by atoms with van der Waals surface area (Å²) in [5, 5.41) is 14.7. The Labute approximate surface area is 102 Å². The van der Waals surface area contributed by atoms with Crippen LogP contribution in [0.15, 0.2) is 24.3 Å². The molecule has 0 aliphatic carbocycles. The number of hydrogen-bond donors (Lipinski definition) is 2. The topological polar surface area (TPSA) is 64.9 Å². The van der Waals surface area contributed by atoms with Crippen molar-refractivity contribution < 1.29 is 4.79 Å². The summed E-state index contributed by atoms with van der Waals surface area (Å²) in [5.74, 6) is -0.112. The number of aryl methyl sites for hydroxylation is 1. The average Bonchev–Trinajstić information content (AvgIpc) is 2.28. The van der Waals surface area contributed by atoms with Gasteiger partial charge < -0.3 is 10.6 Å². The van der Waals surface area contributed by atoms with Gasteiger partial charge in [0.15, 0.2) is 0 Å². The quantitative estimate of drug-likeness (QED) is 0.812. The first-order valence-corrected chi connectivity index (χ1v) is 5.65. The molecule has 1 aromatic rings. The van der Waals surface area contributed by atoms with Crippen LogP contribution in [-0.2, 0) is 4.79 Å². The van der Waals surface area contributed by atoms with Crippen LogP contribution in [0.2, 0.25) is 0 Å². The van der Waals surface area contributed by atoms with Crippen molar-refractivity contribution in [3.8, 4) is 6.07 Å². The number of nitriles is 1.